The first-order chi connectivity index (χ1) is 9.20. The Balaban J connectivity index is 2.06. The van der Waals surface area contributed by atoms with Crippen molar-refractivity contribution < 1.29 is 4.74 Å². The van der Waals surface area contributed by atoms with Crippen LogP contribution >= 0.6 is 11.8 Å². The summed E-state index contributed by atoms with van der Waals surface area (Å²) in [4.78, 5) is 0. The standard InChI is InChI=1S/C16H23NOS/c1-4-19-11-5-9-17-10-8-14-12-15(18-13(2)3)6-7-16(14)17/h6-8,10,12-13H,4-5,9,11H2,1-3H3. The fourth-order valence-corrected chi connectivity index (χ4v) is 2.82. The largest absolute Gasteiger partial charge is 0.491 e. The number of rotatable bonds is 7. The Morgan fingerprint density at radius 2 is 2.11 bits per heavy atom. The summed E-state index contributed by atoms with van der Waals surface area (Å²) >= 11 is 2.01. The molecule has 2 aromatic rings. The highest BCUT2D eigenvalue weighted by atomic mass is 32.2. The van der Waals surface area contributed by atoms with Gasteiger partial charge in [-0.1, -0.05) is 6.92 Å². The minimum Gasteiger partial charge on any atom is -0.491 e. The number of hydrogen-bond donors (Lipinski definition) is 0. The number of thioether (sulfide) groups is 1. The first-order valence-corrected chi connectivity index (χ1v) is 8.19. The van der Waals surface area contributed by atoms with Gasteiger partial charge in [-0.25, -0.2) is 0 Å². The molecule has 1 aromatic carbocycles. The van der Waals surface area contributed by atoms with E-state index < -0.39 is 0 Å². The minimum atomic E-state index is 0.227. The van der Waals surface area contributed by atoms with Crippen molar-refractivity contribution in [2.45, 2.75) is 39.8 Å². The second kappa shape index (κ2) is 6.90. The van der Waals surface area contributed by atoms with Crippen LogP contribution in [-0.4, -0.2) is 22.2 Å². The van der Waals surface area contributed by atoms with Crippen molar-refractivity contribution >= 4 is 22.7 Å². The van der Waals surface area contributed by atoms with Gasteiger partial charge >= 0.3 is 0 Å². The summed E-state index contributed by atoms with van der Waals surface area (Å²) in [7, 11) is 0. The Labute approximate surface area is 120 Å². The fraction of sp³-hybridized carbons (Fsp3) is 0.500. The SMILES string of the molecule is CCSCCCn1ccc2cc(OC(C)C)ccc21. The molecule has 0 unspecified atom stereocenters. The normalized spacial score (nSPS) is 11.4. The Hall–Kier alpha value is -1.09. The summed E-state index contributed by atoms with van der Waals surface area (Å²) < 4.78 is 8.07. The van der Waals surface area contributed by atoms with Gasteiger partial charge in [-0.15, -0.1) is 0 Å². The van der Waals surface area contributed by atoms with Crippen LogP contribution in [0.5, 0.6) is 5.75 Å². The zero-order valence-corrected chi connectivity index (χ0v) is 12.9. The van der Waals surface area contributed by atoms with Gasteiger partial charge in [0.15, 0.2) is 0 Å². The van der Waals surface area contributed by atoms with Gasteiger partial charge < -0.3 is 9.30 Å². The van der Waals surface area contributed by atoms with Gasteiger partial charge in [-0.05, 0) is 56.0 Å². The lowest BCUT2D eigenvalue weighted by atomic mass is 10.2. The summed E-state index contributed by atoms with van der Waals surface area (Å²) in [5, 5.41) is 1.27. The van der Waals surface area contributed by atoms with E-state index in [9.17, 15) is 0 Å². The lowest BCUT2D eigenvalue weighted by Crippen LogP contribution is -2.05. The number of hydrogen-bond acceptors (Lipinski definition) is 2. The molecule has 0 atom stereocenters. The molecule has 19 heavy (non-hydrogen) atoms. The molecule has 0 aliphatic heterocycles. The molecular formula is C16H23NOS. The van der Waals surface area contributed by atoms with Crippen molar-refractivity contribution in [3.8, 4) is 5.75 Å². The van der Waals surface area contributed by atoms with Crippen molar-refractivity contribution in [1.29, 1.82) is 0 Å². The summed E-state index contributed by atoms with van der Waals surface area (Å²) in [6.45, 7) is 7.42. The van der Waals surface area contributed by atoms with Gasteiger partial charge in [0.1, 0.15) is 5.75 Å². The summed E-state index contributed by atoms with van der Waals surface area (Å²) in [5.41, 5.74) is 1.30. The third-order valence-corrected chi connectivity index (χ3v) is 3.99. The molecule has 0 N–H and O–H groups in total. The van der Waals surface area contributed by atoms with E-state index in [2.05, 4.69) is 55.8 Å². The van der Waals surface area contributed by atoms with E-state index >= 15 is 0 Å². The van der Waals surface area contributed by atoms with Gasteiger partial charge in [-0.2, -0.15) is 11.8 Å². The Morgan fingerprint density at radius 1 is 1.26 bits per heavy atom. The quantitative estimate of drug-likeness (QED) is 0.688. The van der Waals surface area contributed by atoms with Crippen molar-refractivity contribution in [2.75, 3.05) is 11.5 Å². The molecule has 0 bridgehead atoms. The third-order valence-electron chi connectivity index (χ3n) is 3.01. The molecular weight excluding hydrogens is 254 g/mol. The number of benzene rings is 1. The summed E-state index contributed by atoms with van der Waals surface area (Å²) in [6.07, 6.45) is 3.64. The van der Waals surface area contributed by atoms with Gasteiger partial charge in [0, 0.05) is 23.6 Å². The maximum atomic E-state index is 5.73. The van der Waals surface area contributed by atoms with E-state index in [1.165, 1.54) is 28.8 Å². The van der Waals surface area contributed by atoms with Gasteiger partial charge in [-0.3, -0.25) is 0 Å². The van der Waals surface area contributed by atoms with Gasteiger partial charge in [0.25, 0.3) is 0 Å². The molecule has 2 nitrogen and oxygen atoms in total. The van der Waals surface area contributed by atoms with E-state index in [1.807, 2.05) is 11.8 Å². The van der Waals surface area contributed by atoms with Crippen LogP contribution in [0.15, 0.2) is 30.5 Å². The topological polar surface area (TPSA) is 14.2 Å². The van der Waals surface area contributed by atoms with Crippen LogP contribution in [0.1, 0.15) is 27.2 Å². The number of ether oxygens (including phenoxy) is 1. The molecule has 0 amide bonds. The van der Waals surface area contributed by atoms with Gasteiger partial charge in [0.2, 0.25) is 0 Å². The van der Waals surface area contributed by atoms with Crippen LogP contribution in [0.25, 0.3) is 10.9 Å². The average molecular weight is 277 g/mol. The monoisotopic (exact) mass is 277 g/mol. The molecule has 0 aliphatic rings. The lowest BCUT2D eigenvalue weighted by molar-refractivity contribution is 0.243. The maximum Gasteiger partial charge on any atom is 0.120 e. The van der Waals surface area contributed by atoms with Crippen molar-refractivity contribution in [2.24, 2.45) is 0 Å². The predicted octanol–water partition coefficient (Wildman–Crippen LogP) is 4.57. The van der Waals surface area contributed by atoms with E-state index in [-0.39, 0.29) is 6.10 Å². The molecule has 2 rings (SSSR count). The second-order valence-electron chi connectivity index (χ2n) is 4.95. The predicted molar refractivity (Wildman–Crippen MR) is 85.3 cm³/mol. The zero-order valence-electron chi connectivity index (χ0n) is 12.1. The first kappa shape index (κ1) is 14.3. The van der Waals surface area contributed by atoms with Crippen LogP contribution in [-0.2, 0) is 6.54 Å². The number of fused-ring (bicyclic) bond motifs is 1. The fourth-order valence-electron chi connectivity index (χ4n) is 2.20. The maximum absolute atomic E-state index is 5.73. The van der Waals surface area contributed by atoms with E-state index in [0.717, 1.165) is 12.3 Å². The smallest absolute Gasteiger partial charge is 0.120 e. The highest BCUT2D eigenvalue weighted by Crippen LogP contribution is 2.23. The van der Waals surface area contributed by atoms with Crippen LogP contribution in [0.4, 0.5) is 0 Å². The third kappa shape index (κ3) is 3.93. The Morgan fingerprint density at radius 3 is 2.84 bits per heavy atom. The zero-order chi connectivity index (χ0) is 13.7. The average Bonchev–Trinajstić information content (AvgIpc) is 2.76. The molecule has 0 saturated heterocycles. The lowest BCUT2D eigenvalue weighted by Gasteiger charge is -2.10. The first-order valence-electron chi connectivity index (χ1n) is 7.04. The number of nitrogens with zero attached hydrogens (tertiary/aromatic N) is 1. The van der Waals surface area contributed by atoms with Crippen molar-refractivity contribution in [1.82, 2.24) is 4.57 Å². The van der Waals surface area contributed by atoms with Crippen LogP contribution in [0.3, 0.4) is 0 Å². The highest BCUT2D eigenvalue weighted by Gasteiger charge is 2.04. The minimum absolute atomic E-state index is 0.227. The number of aromatic nitrogens is 1. The van der Waals surface area contributed by atoms with Crippen molar-refractivity contribution in [3.63, 3.8) is 0 Å². The highest BCUT2D eigenvalue weighted by molar-refractivity contribution is 7.99. The molecule has 0 radical (unpaired) electrons. The van der Waals surface area contributed by atoms with Gasteiger partial charge in [0.05, 0.1) is 6.10 Å². The van der Waals surface area contributed by atoms with E-state index in [4.69, 9.17) is 4.74 Å². The molecule has 1 heterocycles. The van der Waals surface area contributed by atoms with E-state index in [1.54, 1.807) is 0 Å². The summed E-state index contributed by atoms with van der Waals surface area (Å²) in [6, 6.07) is 8.54. The molecule has 104 valence electrons. The Kier molecular flexibility index (Phi) is 5.20. The molecule has 3 heteroatoms. The van der Waals surface area contributed by atoms with Crippen LogP contribution in [0, 0.1) is 0 Å². The molecule has 0 saturated carbocycles. The number of aryl methyl sites for hydroxylation is 1. The van der Waals surface area contributed by atoms with E-state index in [0.29, 0.717) is 0 Å². The van der Waals surface area contributed by atoms with Crippen LogP contribution in [0.2, 0.25) is 0 Å². The molecule has 0 aliphatic carbocycles. The van der Waals surface area contributed by atoms with Crippen molar-refractivity contribution in [3.05, 3.63) is 30.5 Å². The van der Waals surface area contributed by atoms with Crippen LogP contribution < -0.4 is 4.74 Å². The second-order valence-corrected chi connectivity index (χ2v) is 6.34. The molecule has 0 spiro atoms. The molecule has 0 fully saturated rings. The summed E-state index contributed by atoms with van der Waals surface area (Å²) in [5.74, 6) is 3.41. The molecule has 1 aromatic heterocycles. The Bertz CT molecular complexity index is 518.